The lowest BCUT2D eigenvalue weighted by molar-refractivity contribution is -0.138. The van der Waals surface area contributed by atoms with Gasteiger partial charge in [0.05, 0.1) is 18.4 Å². The fourth-order valence-electron chi connectivity index (χ4n) is 2.81. The molecule has 0 aliphatic carbocycles. The number of nitrogens with one attached hydrogen (secondary N) is 1. The Balaban J connectivity index is 2.06. The maximum absolute atomic E-state index is 12.4. The quantitative estimate of drug-likeness (QED) is 0.833. The average molecular weight is 318 g/mol. The van der Waals surface area contributed by atoms with Crippen molar-refractivity contribution in [2.24, 2.45) is 5.92 Å². The molecular formula is C17H22N2O4. The summed E-state index contributed by atoms with van der Waals surface area (Å²) in [5.74, 6) is -1.71. The van der Waals surface area contributed by atoms with Crippen molar-refractivity contribution in [2.45, 2.75) is 38.8 Å². The van der Waals surface area contributed by atoms with Crippen LogP contribution in [0.5, 0.6) is 0 Å². The molecule has 0 saturated carbocycles. The number of carboxylic acids is 1. The molecule has 0 aromatic heterocycles. The summed E-state index contributed by atoms with van der Waals surface area (Å²) in [7, 11) is 0. The van der Waals surface area contributed by atoms with E-state index in [4.69, 9.17) is 5.11 Å². The number of carbonyl (C=O) groups is 3. The summed E-state index contributed by atoms with van der Waals surface area (Å²) in [6.45, 7) is 4.21. The van der Waals surface area contributed by atoms with Crippen LogP contribution < -0.4 is 5.32 Å². The van der Waals surface area contributed by atoms with E-state index in [0.29, 0.717) is 6.54 Å². The van der Waals surface area contributed by atoms with E-state index >= 15 is 0 Å². The first-order valence-electron chi connectivity index (χ1n) is 7.75. The van der Waals surface area contributed by atoms with Crippen LogP contribution >= 0.6 is 0 Å². The van der Waals surface area contributed by atoms with Crippen molar-refractivity contribution >= 4 is 17.8 Å². The van der Waals surface area contributed by atoms with Gasteiger partial charge in [-0.15, -0.1) is 0 Å². The first-order chi connectivity index (χ1) is 10.9. The van der Waals surface area contributed by atoms with Crippen LogP contribution in [0.4, 0.5) is 0 Å². The van der Waals surface area contributed by atoms with Gasteiger partial charge in [-0.25, -0.2) is 0 Å². The molecule has 1 saturated heterocycles. The number of amides is 2. The highest BCUT2D eigenvalue weighted by atomic mass is 16.4. The van der Waals surface area contributed by atoms with E-state index < -0.39 is 17.9 Å². The number of hydrogen-bond donors (Lipinski definition) is 2. The molecule has 2 amide bonds. The third-order valence-electron chi connectivity index (χ3n) is 4.05. The van der Waals surface area contributed by atoms with Gasteiger partial charge in [-0.3, -0.25) is 14.4 Å². The van der Waals surface area contributed by atoms with Gasteiger partial charge >= 0.3 is 5.97 Å². The number of likely N-dealkylation sites (tertiary alicyclic amines) is 1. The molecule has 0 spiro atoms. The Morgan fingerprint density at radius 2 is 1.96 bits per heavy atom. The van der Waals surface area contributed by atoms with Crippen molar-refractivity contribution in [3.8, 4) is 0 Å². The van der Waals surface area contributed by atoms with Crippen LogP contribution in [-0.2, 0) is 14.4 Å². The van der Waals surface area contributed by atoms with Crippen molar-refractivity contribution in [1.82, 2.24) is 10.2 Å². The lowest BCUT2D eigenvalue weighted by atomic mass is 10.0. The number of aliphatic carboxylic acids is 1. The smallest absolute Gasteiger partial charge is 0.305 e. The minimum Gasteiger partial charge on any atom is -0.481 e. The molecule has 6 nitrogen and oxygen atoms in total. The van der Waals surface area contributed by atoms with Crippen LogP contribution in [0.15, 0.2) is 30.3 Å². The molecule has 0 unspecified atom stereocenters. The van der Waals surface area contributed by atoms with Crippen LogP contribution in [0.25, 0.3) is 0 Å². The van der Waals surface area contributed by atoms with Gasteiger partial charge in [-0.2, -0.15) is 0 Å². The van der Waals surface area contributed by atoms with E-state index in [1.165, 1.54) is 0 Å². The molecule has 2 rings (SSSR count). The van der Waals surface area contributed by atoms with Gasteiger partial charge in [0.1, 0.15) is 0 Å². The topological polar surface area (TPSA) is 86.7 Å². The van der Waals surface area contributed by atoms with Crippen LogP contribution in [0.3, 0.4) is 0 Å². The maximum Gasteiger partial charge on any atom is 0.305 e. The van der Waals surface area contributed by atoms with Crippen molar-refractivity contribution < 1.29 is 19.5 Å². The Hall–Kier alpha value is -2.37. The van der Waals surface area contributed by atoms with Gasteiger partial charge in [0.15, 0.2) is 0 Å². The van der Waals surface area contributed by atoms with Gasteiger partial charge in [0.25, 0.3) is 0 Å². The number of carbonyl (C=O) groups excluding carboxylic acids is 2. The second-order valence-electron chi connectivity index (χ2n) is 6.11. The lowest BCUT2D eigenvalue weighted by Crippen LogP contribution is -2.37. The zero-order valence-corrected chi connectivity index (χ0v) is 13.4. The Kier molecular flexibility index (Phi) is 5.36. The summed E-state index contributed by atoms with van der Waals surface area (Å²) in [4.78, 5) is 37.1. The Labute approximate surface area is 135 Å². The monoisotopic (exact) mass is 318 g/mol. The zero-order chi connectivity index (χ0) is 17.0. The molecule has 6 heteroatoms. The fourth-order valence-corrected chi connectivity index (χ4v) is 2.81. The van der Waals surface area contributed by atoms with Gasteiger partial charge in [0, 0.05) is 19.0 Å². The summed E-state index contributed by atoms with van der Waals surface area (Å²) in [5, 5.41) is 11.9. The molecule has 1 aromatic carbocycles. The third kappa shape index (κ3) is 4.31. The maximum atomic E-state index is 12.4. The SMILES string of the molecule is CC(C)N1C[C@@H](C(=O)N[C@H](CC(=O)O)c2ccccc2)CC1=O. The Bertz CT molecular complexity index is 586. The third-order valence-corrected chi connectivity index (χ3v) is 4.05. The van der Waals surface area contributed by atoms with E-state index in [9.17, 15) is 14.4 Å². The van der Waals surface area contributed by atoms with Crippen molar-refractivity contribution in [1.29, 1.82) is 0 Å². The number of carboxylic acid groups (broad SMARTS) is 1. The molecule has 2 atom stereocenters. The van der Waals surface area contributed by atoms with Crippen LogP contribution in [-0.4, -0.2) is 40.4 Å². The van der Waals surface area contributed by atoms with E-state index in [2.05, 4.69) is 5.32 Å². The van der Waals surface area contributed by atoms with Crippen molar-refractivity contribution in [3.05, 3.63) is 35.9 Å². The highest BCUT2D eigenvalue weighted by Crippen LogP contribution is 2.23. The molecule has 1 aromatic rings. The molecule has 1 aliphatic heterocycles. The Morgan fingerprint density at radius 3 is 2.48 bits per heavy atom. The number of hydrogen-bond acceptors (Lipinski definition) is 3. The summed E-state index contributed by atoms with van der Waals surface area (Å²) >= 11 is 0. The number of rotatable bonds is 6. The molecule has 1 aliphatic rings. The lowest BCUT2D eigenvalue weighted by Gasteiger charge is -2.22. The standard InChI is InChI=1S/C17H22N2O4/c1-11(2)19-10-13(8-15(19)20)17(23)18-14(9-16(21)22)12-6-4-3-5-7-12/h3-7,11,13-14H,8-10H2,1-2H3,(H,18,23)(H,21,22)/t13-,14+/m0/s1. The number of nitrogens with zero attached hydrogens (tertiary/aromatic N) is 1. The average Bonchev–Trinajstić information content (AvgIpc) is 2.89. The second-order valence-corrected chi connectivity index (χ2v) is 6.11. The second kappa shape index (κ2) is 7.26. The zero-order valence-electron chi connectivity index (χ0n) is 13.4. The highest BCUT2D eigenvalue weighted by molar-refractivity contribution is 5.89. The molecule has 23 heavy (non-hydrogen) atoms. The predicted octanol–water partition coefficient (Wildman–Crippen LogP) is 1.58. The summed E-state index contributed by atoms with van der Waals surface area (Å²) in [5.41, 5.74) is 0.744. The fraction of sp³-hybridized carbons (Fsp3) is 0.471. The first-order valence-corrected chi connectivity index (χ1v) is 7.75. The minimum absolute atomic E-state index is 0.0327. The van der Waals surface area contributed by atoms with Crippen LogP contribution in [0.2, 0.25) is 0 Å². The summed E-state index contributed by atoms with van der Waals surface area (Å²) in [6.07, 6.45) is -0.0110. The van der Waals surface area contributed by atoms with Crippen molar-refractivity contribution in [3.63, 3.8) is 0 Å². The molecule has 1 fully saturated rings. The summed E-state index contributed by atoms with van der Waals surface area (Å²) < 4.78 is 0. The van der Waals surface area contributed by atoms with E-state index in [-0.39, 0.29) is 30.7 Å². The predicted molar refractivity (Wildman–Crippen MR) is 84.5 cm³/mol. The van der Waals surface area contributed by atoms with E-state index in [0.717, 1.165) is 5.56 Å². The van der Waals surface area contributed by atoms with Crippen LogP contribution in [0, 0.1) is 5.92 Å². The van der Waals surface area contributed by atoms with Gasteiger partial charge in [0.2, 0.25) is 11.8 Å². The first kappa shape index (κ1) is 17.0. The van der Waals surface area contributed by atoms with E-state index in [1.807, 2.05) is 19.9 Å². The molecule has 124 valence electrons. The Morgan fingerprint density at radius 1 is 1.30 bits per heavy atom. The highest BCUT2D eigenvalue weighted by Gasteiger charge is 2.36. The van der Waals surface area contributed by atoms with Crippen LogP contribution in [0.1, 0.15) is 38.3 Å². The van der Waals surface area contributed by atoms with Gasteiger partial charge < -0.3 is 15.3 Å². The largest absolute Gasteiger partial charge is 0.481 e. The van der Waals surface area contributed by atoms with Crippen molar-refractivity contribution in [2.75, 3.05) is 6.54 Å². The molecule has 0 radical (unpaired) electrons. The van der Waals surface area contributed by atoms with Gasteiger partial charge in [-0.05, 0) is 19.4 Å². The molecule has 1 heterocycles. The van der Waals surface area contributed by atoms with E-state index in [1.54, 1.807) is 29.2 Å². The minimum atomic E-state index is -0.981. The van der Waals surface area contributed by atoms with Gasteiger partial charge in [-0.1, -0.05) is 30.3 Å². The molecular weight excluding hydrogens is 296 g/mol. The number of benzene rings is 1. The molecule has 0 bridgehead atoms. The molecule has 2 N–H and O–H groups in total. The normalized spacial score (nSPS) is 19.0. The summed E-state index contributed by atoms with van der Waals surface area (Å²) in [6, 6.07) is 8.47.